The fourth-order valence-electron chi connectivity index (χ4n) is 12.6. The van der Waals surface area contributed by atoms with Crippen LogP contribution in [0.3, 0.4) is 0 Å². The van der Waals surface area contributed by atoms with E-state index in [9.17, 15) is 4.79 Å². The third-order valence-corrected chi connectivity index (χ3v) is 17.3. The number of carbonyl (C=O) groups is 1. The maximum atomic E-state index is 14.6. The number of benzene rings is 13. The molecule has 0 amide bonds. The van der Waals surface area contributed by atoms with Gasteiger partial charge in [0.15, 0.2) is 0 Å². The van der Waals surface area contributed by atoms with Crippen molar-refractivity contribution in [2.24, 2.45) is 0 Å². The molecule has 92 heavy (non-hydrogen) atoms. The molecule has 0 aliphatic heterocycles. The summed E-state index contributed by atoms with van der Waals surface area (Å²) in [5.74, 6) is 4.48. The van der Waals surface area contributed by atoms with Crippen molar-refractivity contribution in [3.05, 3.63) is 236 Å². The van der Waals surface area contributed by atoms with Crippen molar-refractivity contribution in [1.82, 2.24) is 0 Å². The SMILES string of the molecule is O=C(OCCCCCOc1c2ccccc2cc2ccccc12)c1c(OCCCCCOc2c3ccccc3cc3ccccc23)cc(OCCCCCOc2c3ccccc3cc3ccccc23)cc1OCCCCCOc1c2ccccc2cc2ccccc12. The first-order valence-corrected chi connectivity index (χ1v) is 33.0. The van der Waals surface area contributed by atoms with Gasteiger partial charge in [-0.1, -0.05) is 194 Å². The van der Waals surface area contributed by atoms with Crippen LogP contribution in [0.2, 0.25) is 0 Å². The zero-order valence-electron chi connectivity index (χ0n) is 52.3. The number of esters is 1. The minimum Gasteiger partial charge on any atom is -0.493 e. The molecule has 0 saturated carbocycles. The topological polar surface area (TPSA) is 90.9 Å². The maximum absolute atomic E-state index is 14.6. The Bertz CT molecular complexity index is 4300. The monoisotopic (exact) mass is 1220 g/mol. The maximum Gasteiger partial charge on any atom is 0.345 e. The van der Waals surface area contributed by atoms with E-state index in [1.54, 1.807) is 0 Å². The van der Waals surface area contributed by atoms with E-state index in [4.69, 9.17) is 37.9 Å². The van der Waals surface area contributed by atoms with Crippen LogP contribution < -0.4 is 33.2 Å². The van der Waals surface area contributed by atoms with Gasteiger partial charge in [0.1, 0.15) is 45.8 Å². The minimum absolute atomic E-state index is 0.228. The van der Waals surface area contributed by atoms with Gasteiger partial charge in [-0.05, 0) is 144 Å². The van der Waals surface area contributed by atoms with Crippen molar-refractivity contribution in [3.63, 3.8) is 0 Å². The number of fused-ring (bicyclic) bond motifs is 8. The lowest BCUT2D eigenvalue weighted by Crippen LogP contribution is -2.13. The van der Waals surface area contributed by atoms with Crippen LogP contribution in [0, 0.1) is 0 Å². The molecule has 9 heteroatoms. The molecule has 13 aromatic rings. The molecule has 0 aromatic heterocycles. The van der Waals surface area contributed by atoms with E-state index in [1.807, 2.05) is 12.1 Å². The van der Waals surface area contributed by atoms with Crippen LogP contribution in [0.15, 0.2) is 231 Å². The summed E-state index contributed by atoms with van der Waals surface area (Å²) in [6.45, 7) is 3.65. The second kappa shape index (κ2) is 30.2. The van der Waals surface area contributed by atoms with Crippen molar-refractivity contribution in [1.29, 1.82) is 0 Å². The first kappa shape index (κ1) is 60.9. The molecule has 0 aliphatic carbocycles. The average molecular weight is 1220 g/mol. The Morgan fingerprint density at radius 2 is 0.446 bits per heavy atom. The van der Waals surface area contributed by atoms with Crippen LogP contribution in [0.4, 0.5) is 0 Å². The molecule has 0 bridgehead atoms. The average Bonchev–Trinajstić information content (AvgIpc) is 0.981. The number of carbonyl (C=O) groups excluding carboxylic acids is 1. The predicted molar refractivity (Wildman–Crippen MR) is 376 cm³/mol. The zero-order chi connectivity index (χ0) is 62.1. The van der Waals surface area contributed by atoms with Crippen LogP contribution in [0.1, 0.15) is 87.4 Å². The fourth-order valence-corrected chi connectivity index (χ4v) is 12.6. The Labute approximate surface area is 538 Å². The van der Waals surface area contributed by atoms with Gasteiger partial charge in [0.2, 0.25) is 0 Å². The summed E-state index contributed by atoms with van der Waals surface area (Å²) >= 11 is 0. The molecule has 0 unspecified atom stereocenters. The van der Waals surface area contributed by atoms with Crippen LogP contribution in [0.5, 0.6) is 40.2 Å². The Morgan fingerprint density at radius 1 is 0.228 bits per heavy atom. The fraction of sp³-hybridized carbons (Fsp3) is 0.241. The van der Waals surface area contributed by atoms with Gasteiger partial charge in [0, 0.05) is 55.2 Å². The first-order valence-electron chi connectivity index (χ1n) is 33.0. The second-order valence-corrected chi connectivity index (χ2v) is 23.7. The van der Waals surface area contributed by atoms with E-state index in [-0.39, 0.29) is 12.2 Å². The van der Waals surface area contributed by atoms with Crippen LogP contribution in [-0.4, -0.2) is 58.8 Å². The lowest BCUT2D eigenvalue weighted by molar-refractivity contribution is 0.0487. The van der Waals surface area contributed by atoms with Gasteiger partial charge in [0.25, 0.3) is 0 Å². The third kappa shape index (κ3) is 14.4. The van der Waals surface area contributed by atoms with Crippen molar-refractivity contribution in [2.45, 2.75) is 77.0 Å². The highest BCUT2D eigenvalue weighted by Crippen LogP contribution is 2.41. The Balaban J connectivity index is 0.677. The van der Waals surface area contributed by atoms with E-state index in [2.05, 4.69) is 218 Å². The van der Waals surface area contributed by atoms with Crippen LogP contribution in [-0.2, 0) is 4.74 Å². The van der Waals surface area contributed by atoms with Crippen molar-refractivity contribution in [2.75, 3.05) is 52.9 Å². The lowest BCUT2D eigenvalue weighted by Gasteiger charge is -2.18. The largest absolute Gasteiger partial charge is 0.493 e. The normalized spacial score (nSPS) is 11.5. The van der Waals surface area contributed by atoms with Crippen LogP contribution in [0.25, 0.3) is 86.2 Å². The second-order valence-electron chi connectivity index (χ2n) is 23.7. The summed E-state index contributed by atoms with van der Waals surface area (Å²) in [5, 5.41) is 18.1. The predicted octanol–water partition coefficient (Wildman–Crippen LogP) is 21.2. The summed E-state index contributed by atoms with van der Waals surface area (Å²) in [5.41, 5.74) is 0.263. The van der Waals surface area contributed by atoms with E-state index in [0.29, 0.717) is 69.9 Å². The first-order chi connectivity index (χ1) is 45.6. The highest BCUT2D eigenvalue weighted by molar-refractivity contribution is 6.08. The number of hydrogen-bond donors (Lipinski definition) is 0. The summed E-state index contributed by atoms with van der Waals surface area (Å²) < 4.78 is 52.3. The van der Waals surface area contributed by atoms with E-state index in [1.165, 1.54) is 0 Å². The Hall–Kier alpha value is -9.99. The van der Waals surface area contributed by atoms with Crippen LogP contribution >= 0.6 is 0 Å². The molecule has 464 valence electrons. The number of unbranched alkanes of at least 4 members (excludes halogenated alkanes) is 8. The molecule has 0 aliphatic rings. The molecule has 0 saturated heterocycles. The highest BCUT2D eigenvalue weighted by Gasteiger charge is 2.24. The van der Waals surface area contributed by atoms with Crippen molar-refractivity contribution in [3.8, 4) is 40.2 Å². The van der Waals surface area contributed by atoms with Gasteiger partial charge in [-0.2, -0.15) is 0 Å². The molecule has 13 aromatic carbocycles. The number of ether oxygens (including phenoxy) is 8. The smallest absolute Gasteiger partial charge is 0.345 e. The molecule has 0 fully saturated rings. The Kier molecular flexibility index (Phi) is 20.0. The molecule has 0 radical (unpaired) electrons. The molecule has 13 rings (SSSR count). The standard InChI is InChI=1S/C83H78O9/c84-83(92-52-28-4-27-51-91-82-74-43-19-11-35-65(74)56-66-36-12-20-44-75(66)82)78-76(86-46-22-2-25-49-89-80-70-39-15-7-31-61(70)54-62-32-8-16-40-71(62)80)57-67(85-45-21-1-24-48-88-79-68-37-13-5-29-59(68)53-60-30-6-14-38-69(60)79)58-77(78)87-47-23-3-26-50-90-81-72-41-17-9-33-63(72)55-64-34-10-18-42-73(64)81/h5-20,29-44,53-58H,1-4,21-28,45-52H2. The Morgan fingerprint density at radius 3 is 0.707 bits per heavy atom. The summed E-state index contributed by atoms with van der Waals surface area (Å²) in [6, 6.07) is 79.7. The molecular formula is C83H78O9. The van der Waals surface area contributed by atoms with Gasteiger partial charge < -0.3 is 37.9 Å². The summed E-state index contributed by atoms with van der Waals surface area (Å²) in [4.78, 5) is 14.6. The van der Waals surface area contributed by atoms with E-state index in [0.717, 1.165) is 180 Å². The molecule has 9 nitrogen and oxygen atoms in total. The van der Waals surface area contributed by atoms with Gasteiger partial charge in [-0.3, -0.25) is 0 Å². The molecular weight excluding hydrogens is 1140 g/mol. The number of hydrogen-bond acceptors (Lipinski definition) is 9. The molecule has 0 spiro atoms. The minimum atomic E-state index is -0.495. The van der Waals surface area contributed by atoms with E-state index >= 15 is 0 Å². The summed E-state index contributed by atoms with van der Waals surface area (Å²) in [6.07, 6.45) is 9.64. The summed E-state index contributed by atoms with van der Waals surface area (Å²) in [7, 11) is 0. The van der Waals surface area contributed by atoms with Gasteiger partial charge in [-0.15, -0.1) is 0 Å². The van der Waals surface area contributed by atoms with Crippen molar-refractivity contribution < 1.29 is 42.7 Å². The third-order valence-electron chi connectivity index (χ3n) is 17.3. The van der Waals surface area contributed by atoms with E-state index < -0.39 is 5.97 Å². The lowest BCUT2D eigenvalue weighted by atomic mass is 10.0. The molecule has 0 heterocycles. The van der Waals surface area contributed by atoms with Crippen molar-refractivity contribution >= 4 is 92.1 Å². The zero-order valence-corrected chi connectivity index (χ0v) is 52.3. The van der Waals surface area contributed by atoms with Gasteiger partial charge in [0.05, 0.1) is 52.9 Å². The highest BCUT2D eigenvalue weighted by atomic mass is 16.5. The molecule has 0 atom stereocenters. The quantitative estimate of drug-likeness (QED) is 0.0232. The van der Waals surface area contributed by atoms with Gasteiger partial charge in [-0.25, -0.2) is 4.79 Å². The van der Waals surface area contributed by atoms with Gasteiger partial charge >= 0.3 is 5.97 Å². The molecule has 0 N–H and O–H groups in total. The number of rotatable bonds is 32.